The first kappa shape index (κ1) is 17.4. The molecule has 0 atom stereocenters. The summed E-state index contributed by atoms with van der Waals surface area (Å²) in [6.45, 7) is 3.37. The first-order chi connectivity index (χ1) is 11.3. The van der Waals surface area contributed by atoms with Crippen LogP contribution in [0.5, 0.6) is 0 Å². The molecule has 0 unspecified atom stereocenters. The molecule has 0 saturated carbocycles. The average Bonchev–Trinajstić information content (AvgIpc) is 2.79. The second kappa shape index (κ2) is 7.10. The lowest BCUT2D eigenvalue weighted by Gasteiger charge is -2.07. The van der Waals surface area contributed by atoms with Crippen molar-refractivity contribution < 1.29 is 9.72 Å². The Bertz CT molecular complexity index is 854. The number of halogens is 1. The highest BCUT2D eigenvalue weighted by atomic mass is 35.5. The molecule has 24 heavy (non-hydrogen) atoms. The van der Waals surface area contributed by atoms with Crippen molar-refractivity contribution >= 4 is 28.9 Å². The average molecular weight is 348 g/mol. The van der Waals surface area contributed by atoms with Crippen molar-refractivity contribution in [3.63, 3.8) is 0 Å². The number of nitrogens with zero attached hydrogens (tertiary/aromatic N) is 4. The zero-order chi connectivity index (χ0) is 17.9. The SMILES string of the molecule is Cc1nn(CCC(=O)Nc2ccc(C#N)c(Cl)c2)c(C)c1[N+](=O)[O-]. The van der Waals surface area contributed by atoms with Gasteiger partial charge < -0.3 is 5.32 Å². The lowest BCUT2D eigenvalue weighted by Crippen LogP contribution is -2.15. The summed E-state index contributed by atoms with van der Waals surface area (Å²) in [4.78, 5) is 22.5. The van der Waals surface area contributed by atoms with E-state index < -0.39 is 4.92 Å². The fourth-order valence-corrected chi connectivity index (χ4v) is 2.51. The first-order valence-corrected chi connectivity index (χ1v) is 7.39. The highest BCUT2D eigenvalue weighted by Crippen LogP contribution is 2.22. The number of amides is 1. The van der Waals surface area contributed by atoms with Crippen LogP contribution < -0.4 is 5.32 Å². The predicted molar refractivity (Wildman–Crippen MR) is 87.8 cm³/mol. The van der Waals surface area contributed by atoms with Gasteiger partial charge in [0, 0.05) is 12.1 Å². The van der Waals surface area contributed by atoms with Crippen molar-refractivity contribution in [1.82, 2.24) is 9.78 Å². The van der Waals surface area contributed by atoms with Crippen LogP contribution in [-0.4, -0.2) is 20.6 Å². The number of aryl methyl sites for hydroxylation is 2. The van der Waals surface area contributed by atoms with Gasteiger partial charge in [0.15, 0.2) is 0 Å². The molecule has 1 N–H and O–H groups in total. The minimum Gasteiger partial charge on any atom is -0.326 e. The molecule has 1 aromatic carbocycles. The number of nitriles is 1. The Morgan fingerprint density at radius 3 is 2.75 bits per heavy atom. The van der Waals surface area contributed by atoms with E-state index in [-0.39, 0.29) is 29.6 Å². The Hall–Kier alpha value is -2.92. The molecule has 0 radical (unpaired) electrons. The van der Waals surface area contributed by atoms with Gasteiger partial charge in [-0.25, -0.2) is 0 Å². The standard InChI is InChI=1S/C15H14ClN5O3/c1-9-15(21(23)24)10(2)20(19-9)6-5-14(22)18-12-4-3-11(8-17)13(16)7-12/h3-4,7H,5-6H2,1-2H3,(H,18,22). The van der Waals surface area contributed by atoms with Gasteiger partial charge in [-0.05, 0) is 32.0 Å². The quantitative estimate of drug-likeness (QED) is 0.659. The summed E-state index contributed by atoms with van der Waals surface area (Å²) in [6.07, 6.45) is 0.0940. The second-order valence-electron chi connectivity index (χ2n) is 5.10. The van der Waals surface area contributed by atoms with E-state index in [1.54, 1.807) is 19.9 Å². The van der Waals surface area contributed by atoms with E-state index in [0.717, 1.165) is 0 Å². The molecule has 0 aliphatic carbocycles. The van der Waals surface area contributed by atoms with Crippen LogP contribution in [0.4, 0.5) is 11.4 Å². The fourth-order valence-electron chi connectivity index (χ4n) is 2.28. The Kier molecular flexibility index (Phi) is 5.16. The van der Waals surface area contributed by atoms with Gasteiger partial charge in [-0.1, -0.05) is 11.6 Å². The van der Waals surface area contributed by atoms with E-state index in [9.17, 15) is 14.9 Å². The van der Waals surface area contributed by atoms with Crippen molar-refractivity contribution in [1.29, 1.82) is 5.26 Å². The van der Waals surface area contributed by atoms with E-state index >= 15 is 0 Å². The van der Waals surface area contributed by atoms with E-state index in [2.05, 4.69) is 10.4 Å². The minimum atomic E-state index is -0.479. The third kappa shape index (κ3) is 3.70. The summed E-state index contributed by atoms with van der Waals surface area (Å²) in [5.41, 5.74) is 1.49. The molecule has 1 amide bonds. The highest BCUT2D eigenvalue weighted by Gasteiger charge is 2.21. The number of benzene rings is 1. The van der Waals surface area contributed by atoms with Gasteiger partial charge in [0.1, 0.15) is 17.5 Å². The maximum absolute atomic E-state index is 12.0. The number of nitrogens with one attached hydrogen (secondary N) is 1. The molecule has 9 heteroatoms. The number of carbonyl (C=O) groups excluding carboxylic acids is 1. The summed E-state index contributed by atoms with van der Waals surface area (Å²) < 4.78 is 1.44. The largest absolute Gasteiger partial charge is 0.326 e. The van der Waals surface area contributed by atoms with Gasteiger partial charge in [0.05, 0.1) is 22.1 Å². The minimum absolute atomic E-state index is 0.0331. The van der Waals surface area contributed by atoms with Crippen molar-refractivity contribution in [2.24, 2.45) is 0 Å². The Balaban J connectivity index is 2.02. The topological polar surface area (TPSA) is 114 Å². The molecule has 2 rings (SSSR count). The smallest absolute Gasteiger partial charge is 0.312 e. The normalized spacial score (nSPS) is 10.2. The number of aromatic nitrogens is 2. The summed E-state index contributed by atoms with van der Waals surface area (Å²) in [6, 6.07) is 6.52. The second-order valence-corrected chi connectivity index (χ2v) is 5.51. The number of nitro groups is 1. The van der Waals surface area contributed by atoms with Crippen LogP contribution in [0, 0.1) is 35.3 Å². The lowest BCUT2D eigenvalue weighted by molar-refractivity contribution is -0.386. The Morgan fingerprint density at radius 1 is 1.50 bits per heavy atom. The number of hydrogen-bond donors (Lipinski definition) is 1. The Morgan fingerprint density at radius 2 is 2.21 bits per heavy atom. The zero-order valence-corrected chi connectivity index (χ0v) is 13.8. The molecule has 8 nitrogen and oxygen atoms in total. The molecule has 0 aliphatic heterocycles. The van der Waals surface area contributed by atoms with Gasteiger partial charge in [0.25, 0.3) is 0 Å². The zero-order valence-electron chi connectivity index (χ0n) is 13.0. The van der Waals surface area contributed by atoms with Crippen LogP contribution in [-0.2, 0) is 11.3 Å². The molecular weight excluding hydrogens is 334 g/mol. The molecule has 0 bridgehead atoms. The number of rotatable bonds is 5. The van der Waals surface area contributed by atoms with E-state index in [1.807, 2.05) is 6.07 Å². The van der Waals surface area contributed by atoms with E-state index in [0.29, 0.717) is 22.6 Å². The maximum atomic E-state index is 12.0. The molecular formula is C15H14ClN5O3. The van der Waals surface area contributed by atoms with Crippen LogP contribution in [0.3, 0.4) is 0 Å². The lowest BCUT2D eigenvalue weighted by atomic mass is 10.2. The summed E-state index contributed by atoms with van der Waals surface area (Å²) in [5, 5.41) is 26.8. The van der Waals surface area contributed by atoms with Crippen molar-refractivity contribution in [3.05, 3.63) is 50.3 Å². The predicted octanol–water partition coefficient (Wildman–Crippen LogP) is 2.96. The molecule has 0 fully saturated rings. The van der Waals surface area contributed by atoms with Crippen LogP contribution in [0.15, 0.2) is 18.2 Å². The molecule has 124 valence electrons. The molecule has 0 aliphatic rings. The molecule has 1 heterocycles. The first-order valence-electron chi connectivity index (χ1n) is 7.01. The third-order valence-electron chi connectivity index (χ3n) is 3.45. The van der Waals surface area contributed by atoms with Crippen molar-refractivity contribution in [2.75, 3.05) is 5.32 Å². The maximum Gasteiger partial charge on any atom is 0.312 e. The summed E-state index contributed by atoms with van der Waals surface area (Å²) in [5.74, 6) is -0.286. The highest BCUT2D eigenvalue weighted by molar-refractivity contribution is 6.32. The number of hydrogen-bond acceptors (Lipinski definition) is 5. The van der Waals surface area contributed by atoms with E-state index in [1.165, 1.54) is 16.8 Å². The number of carbonyl (C=O) groups is 1. The van der Waals surface area contributed by atoms with Gasteiger partial charge >= 0.3 is 5.69 Å². The van der Waals surface area contributed by atoms with Gasteiger partial charge in [-0.15, -0.1) is 0 Å². The van der Waals surface area contributed by atoms with Crippen LogP contribution >= 0.6 is 11.6 Å². The van der Waals surface area contributed by atoms with E-state index in [4.69, 9.17) is 16.9 Å². The van der Waals surface area contributed by atoms with Gasteiger partial charge in [-0.3, -0.25) is 19.6 Å². The molecule has 0 saturated heterocycles. The van der Waals surface area contributed by atoms with Crippen molar-refractivity contribution in [2.45, 2.75) is 26.8 Å². The van der Waals surface area contributed by atoms with Crippen molar-refractivity contribution in [3.8, 4) is 6.07 Å². The fraction of sp³-hybridized carbons (Fsp3) is 0.267. The van der Waals surface area contributed by atoms with Gasteiger partial charge in [-0.2, -0.15) is 10.4 Å². The van der Waals surface area contributed by atoms with Crippen LogP contribution in [0.2, 0.25) is 5.02 Å². The summed E-state index contributed by atoms with van der Waals surface area (Å²) >= 11 is 5.90. The third-order valence-corrected chi connectivity index (χ3v) is 3.76. The monoisotopic (exact) mass is 347 g/mol. The van der Waals surface area contributed by atoms with Crippen LogP contribution in [0.1, 0.15) is 23.4 Å². The molecule has 1 aromatic heterocycles. The molecule has 0 spiro atoms. The van der Waals surface area contributed by atoms with Gasteiger partial charge in [0.2, 0.25) is 5.91 Å². The number of anilines is 1. The Labute approximate surface area is 142 Å². The molecule has 2 aromatic rings. The summed E-state index contributed by atoms with van der Waals surface area (Å²) in [7, 11) is 0. The van der Waals surface area contributed by atoms with Crippen LogP contribution in [0.25, 0.3) is 0 Å².